The molecular formula is C48H32N4S2. The molecule has 2 aliphatic rings. The predicted octanol–water partition coefficient (Wildman–Crippen LogP) is 12.9. The van der Waals surface area contributed by atoms with Crippen LogP contribution in [-0.4, -0.2) is 19.5 Å². The zero-order valence-corrected chi connectivity index (χ0v) is 31.2. The summed E-state index contributed by atoms with van der Waals surface area (Å²) in [6.07, 6.45) is 0. The van der Waals surface area contributed by atoms with Crippen molar-refractivity contribution in [1.82, 2.24) is 19.5 Å². The Bertz CT molecular complexity index is 2910. The summed E-state index contributed by atoms with van der Waals surface area (Å²) in [5, 5.41) is 2.32. The zero-order valence-electron chi connectivity index (χ0n) is 29.6. The van der Waals surface area contributed by atoms with E-state index in [9.17, 15) is 0 Å². The van der Waals surface area contributed by atoms with Gasteiger partial charge in [-0.25, -0.2) is 4.98 Å². The largest absolute Gasteiger partial charge is 0.278 e. The molecule has 0 unspecified atom stereocenters. The van der Waals surface area contributed by atoms with Gasteiger partial charge in [0.2, 0.25) is 5.95 Å². The number of hydrogen-bond donors (Lipinski definition) is 0. The molecule has 0 bridgehead atoms. The lowest BCUT2D eigenvalue weighted by Gasteiger charge is -2.24. The topological polar surface area (TPSA) is 43.6 Å². The van der Waals surface area contributed by atoms with Crippen LogP contribution in [0, 0.1) is 0 Å². The first-order chi connectivity index (χ1) is 26.5. The van der Waals surface area contributed by atoms with Crippen molar-refractivity contribution in [3.05, 3.63) is 169 Å². The number of para-hydroxylation sites is 1. The third-order valence-corrected chi connectivity index (χ3v) is 13.4. The summed E-state index contributed by atoms with van der Waals surface area (Å²) in [7, 11) is 0. The van der Waals surface area contributed by atoms with Crippen molar-refractivity contribution in [1.29, 1.82) is 0 Å². The number of hydrogen-bond acceptors (Lipinski definition) is 5. The van der Waals surface area contributed by atoms with Crippen LogP contribution in [0.25, 0.3) is 72.8 Å². The van der Waals surface area contributed by atoms with Gasteiger partial charge in [-0.3, -0.25) is 4.57 Å². The van der Waals surface area contributed by atoms with Gasteiger partial charge in [0.25, 0.3) is 0 Å². The molecule has 11 rings (SSSR count). The van der Waals surface area contributed by atoms with Gasteiger partial charge in [0.15, 0.2) is 11.6 Å². The second-order valence-electron chi connectivity index (χ2n) is 14.5. The maximum atomic E-state index is 5.11. The van der Waals surface area contributed by atoms with Crippen LogP contribution in [0.1, 0.15) is 25.0 Å². The quantitative estimate of drug-likeness (QED) is 0.180. The van der Waals surface area contributed by atoms with Gasteiger partial charge in [0.05, 0.1) is 11.0 Å². The lowest BCUT2D eigenvalue weighted by molar-refractivity contribution is 0.658. The maximum Gasteiger partial charge on any atom is 0.238 e. The van der Waals surface area contributed by atoms with Gasteiger partial charge in [0.1, 0.15) is 0 Å². The molecule has 0 radical (unpaired) electrons. The van der Waals surface area contributed by atoms with Gasteiger partial charge in [-0.2, -0.15) is 9.97 Å². The van der Waals surface area contributed by atoms with Crippen LogP contribution in [-0.2, 0) is 5.41 Å². The molecule has 1 aliphatic carbocycles. The van der Waals surface area contributed by atoms with Crippen LogP contribution in [0.15, 0.2) is 177 Å². The van der Waals surface area contributed by atoms with Crippen molar-refractivity contribution in [2.75, 3.05) is 0 Å². The smallest absolute Gasteiger partial charge is 0.238 e. The van der Waals surface area contributed by atoms with Crippen LogP contribution in [0.2, 0.25) is 0 Å². The van der Waals surface area contributed by atoms with Gasteiger partial charge < -0.3 is 0 Å². The number of fused-ring (bicyclic) bond motifs is 8. The van der Waals surface area contributed by atoms with E-state index in [1.807, 2.05) is 84.2 Å². The Morgan fingerprint density at radius 2 is 0.981 bits per heavy atom. The van der Waals surface area contributed by atoms with E-state index >= 15 is 0 Å². The summed E-state index contributed by atoms with van der Waals surface area (Å²) in [4.78, 5) is 20.5. The first-order valence-electron chi connectivity index (χ1n) is 18.2. The van der Waals surface area contributed by atoms with E-state index in [0.717, 1.165) is 32.9 Å². The lowest BCUT2D eigenvalue weighted by atomic mass is 9.81. The van der Waals surface area contributed by atoms with E-state index in [4.69, 9.17) is 15.0 Å². The highest BCUT2D eigenvalue weighted by molar-refractivity contribution is 8.05. The Morgan fingerprint density at radius 3 is 1.69 bits per heavy atom. The van der Waals surface area contributed by atoms with Crippen molar-refractivity contribution < 1.29 is 0 Å². The monoisotopic (exact) mass is 728 g/mol. The summed E-state index contributed by atoms with van der Waals surface area (Å²) < 4.78 is 2.19. The summed E-state index contributed by atoms with van der Waals surface area (Å²) in [6.45, 7) is 4.75. The summed E-state index contributed by atoms with van der Waals surface area (Å²) in [5.41, 5.74) is 11.8. The molecule has 0 saturated heterocycles. The summed E-state index contributed by atoms with van der Waals surface area (Å²) >= 11 is 3.78. The molecular weight excluding hydrogens is 697 g/mol. The molecule has 0 atom stereocenters. The summed E-state index contributed by atoms with van der Waals surface area (Å²) in [5.74, 6) is 1.89. The Kier molecular flexibility index (Phi) is 7.04. The predicted molar refractivity (Wildman–Crippen MR) is 223 cm³/mol. The number of aromatic nitrogens is 4. The zero-order chi connectivity index (χ0) is 36.0. The molecule has 4 nitrogen and oxygen atoms in total. The van der Waals surface area contributed by atoms with Crippen molar-refractivity contribution in [2.24, 2.45) is 0 Å². The molecule has 54 heavy (non-hydrogen) atoms. The number of benzene rings is 7. The molecule has 0 amide bonds. The molecule has 1 aliphatic heterocycles. The highest BCUT2D eigenvalue weighted by Crippen LogP contribution is 2.56. The Labute approximate surface area is 322 Å². The second-order valence-corrected chi connectivity index (χ2v) is 16.6. The Hall–Kier alpha value is -5.95. The molecule has 0 spiro atoms. The fourth-order valence-electron chi connectivity index (χ4n) is 8.20. The first-order valence-corrected chi connectivity index (χ1v) is 19.8. The molecule has 256 valence electrons. The van der Waals surface area contributed by atoms with Crippen molar-refractivity contribution in [3.63, 3.8) is 0 Å². The van der Waals surface area contributed by atoms with Crippen LogP contribution >= 0.6 is 23.5 Å². The molecule has 6 heteroatoms. The van der Waals surface area contributed by atoms with Gasteiger partial charge in [-0.15, -0.1) is 0 Å². The minimum atomic E-state index is -0.121. The molecule has 0 N–H and O–H groups in total. The highest BCUT2D eigenvalue weighted by Gasteiger charge is 2.37. The van der Waals surface area contributed by atoms with Gasteiger partial charge in [-0.1, -0.05) is 147 Å². The fraction of sp³-hybridized carbons (Fsp3) is 0.0625. The number of nitrogens with zero attached hydrogens (tertiary/aromatic N) is 4. The van der Waals surface area contributed by atoms with Crippen molar-refractivity contribution in [3.8, 4) is 51.0 Å². The standard InChI is InChI=1S/C48H32N4S2/c1-48(2)37-26-32(21-23-33(37)35-27-43-44(28-38(35)48)54-42-20-12-11-19-41(42)53-43)31-22-24-40-36(25-31)34-17-9-10-18-39(34)52(40)47-50-45(29-13-5-3-6-14-29)49-46(51-47)30-15-7-4-8-16-30/h3-28H,1-2H3. The number of rotatable bonds is 4. The van der Waals surface area contributed by atoms with Crippen molar-refractivity contribution in [2.45, 2.75) is 38.8 Å². The van der Waals surface area contributed by atoms with Crippen LogP contribution < -0.4 is 0 Å². The Morgan fingerprint density at radius 1 is 0.426 bits per heavy atom. The average molecular weight is 729 g/mol. The van der Waals surface area contributed by atoms with Gasteiger partial charge >= 0.3 is 0 Å². The first kappa shape index (κ1) is 31.6. The fourth-order valence-corrected chi connectivity index (χ4v) is 10.5. The summed E-state index contributed by atoms with van der Waals surface area (Å²) in [6, 6.07) is 56.4. The van der Waals surface area contributed by atoms with E-state index < -0.39 is 0 Å². The molecule has 2 aromatic heterocycles. The van der Waals surface area contributed by atoms with Crippen LogP contribution in [0.3, 0.4) is 0 Å². The molecule has 3 heterocycles. The van der Waals surface area contributed by atoms with Gasteiger partial charge in [0, 0.05) is 46.9 Å². The van der Waals surface area contributed by atoms with Crippen LogP contribution in [0.5, 0.6) is 0 Å². The third-order valence-electron chi connectivity index (χ3n) is 10.9. The Balaban J connectivity index is 1.04. The van der Waals surface area contributed by atoms with E-state index in [1.54, 1.807) is 0 Å². The SMILES string of the molecule is CC1(C)c2cc(-c3ccc4c(c3)c3ccccc3n4-c3nc(-c4ccccc4)nc(-c4ccccc4)n3)ccc2-c2cc3c(cc21)Sc1ccccc1S3. The van der Waals surface area contributed by atoms with E-state index in [0.29, 0.717) is 17.6 Å². The van der Waals surface area contributed by atoms with E-state index in [-0.39, 0.29) is 5.41 Å². The minimum Gasteiger partial charge on any atom is -0.278 e. The van der Waals surface area contributed by atoms with E-state index in [2.05, 4.69) is 115 Å². The van der Waals surface area contributed by atoms with Crippen LogP contribution in [0.4, 0.5) is 0 Å². The third kappa shape index (κ3) is 4.90. The van der Waals surface area contributed by atoms with Gasteiger partial charge in [-0.05, 0) is 81.9 Å². The molecule has 0 fully saturated rings. The van der Waals surface area contributed by atoms with Crippen molar-refractivity contribution >= 4 is 45.3 Å². The second kappa shape index (κ2) is 12.0. The minimum absolute atomic E-state index is 0.121. The highest BCUT2D eigenvalue weighted by atomic mass is 32.2. The molecule has 0 saturated carbocycles. The maximum absolute atomic E-state index is 5.11. The van der Waals surface area contributed by atoms with E-state index in [1.165, 1.54) is 53.0 Å². The average Bonchev–Trinajstić information content (AvgIpc) is 3.67. The molecule has 9 aromatic rings. The molecule has 7 aromatic carbocycles. The normalized spacial score (nSPS) is 13.7. The lowest BCUT2D eigenvalue weighted by Crippen LogP contribution is -2.15.